The third kappa shape index (κ3) is 2.45. The first kappa shape index (κ1) is 13.9. The molecule has 0 saturated heterocycles. The molecular weight excluding hydrogens is 263 g/mol. The van der Waals surface area contributed by atoms with Crippen LogP contribution in [0.5, 0.6) is 0 Å². The summed E-state index contributed by atoms with van der Waals surface area (Å²) in [6.07, 6.45) is 9.10. The average Bonchev–Trinajstić information content (AvgIpc) is 2.73. The van der Waals surface area contributed by atoms with Crippen molar-refractivity contribution >= 4 is 28.0 Å². The Morgan fingerprint density at radius 1 is 1.05 bits per heavy atom. The Bertz CT molecular complexity index is 513. The fourth-order valence-corrected chi connectivity index (χ4v) is 4.70. The summed E-state index contributed by atoms with van der Waals surface area (Å²) in [7, 11) is 0. The van der Waals surface area contributed by atoms with Crippen LogP contribution in [0.2, 0.25) is 4.78 Å². The summed E-state index contributed by atoms with van der Waals surface area (Å²) in [6.45, 7) is 0. The minimum Gasteiger partial charge on any atom is -0.426 e. The number of carbonyl (C=O) groups excluding carboxylic acids is 1. The van der Waals surface area contributed by atoms with Crippen molar-refractivity contribution in [3.05, 3.63) is 42.0 Å². The maximum absolute atomic E-state index is 12.7. The molecule has 2 aliphatic rings. The molecule has 1 fully saturated rings. The highest BCUT2D eigenvalue weighted by molar-refractivity contribution is 6.17. The van der Waals surface area contributed by atoms with Crippen LogP contribution in [0.1, 0.15) is 44.1 Å². The molecule has 1 atom stereocenters. The first-order valence-electron chi connectivity index (χ1n) is 7.72. The van der Waals surface area contributed by atoms with Gasteiger partial charge >= 0.3 is 5.97 Å². The predicted molar refractivity (Wildman–Crippen MR) is 82.9 cm³/mol. The smallest absolute Gasteiger partial charge is 0.316 e. The fourth-order valence-electron chi connectivity index (χ4n) is 3.58. The number of carbonyl (C=O) groups is 1. The monoisotopic (exact) mass is 284 g/mol. The van der Waals surface area contributed by atoms with Crippen LogP contribution in [0.15, 0.2) is 36.4 Å². The third-order valence-electron chi connectivity index (χ3n) is 4.94. The van der Waals surface area contributed by atoms with Crippen molar-refractivity contribution < 1.29 is 9.53 Å². The SMILES string of the molecule is O=C1OC(c2ccccc2)=C[CH]([AlH2])C12CCCCCC2. The van der Waals surface area contributed by atoms with Crippen LogP contribution in [0, 0.1) is 5.41 Å². The van der Waals surface area contributed by atoms with Crippen LogP contribution < -0.4 is 0 Å². The van der Waals surface area contributed by atoms with Crippen molar-refractivity contribution in [2.24, 2.45) is 5.41 Å². The first-order valence-corrected chi connectivity index (χ1v) is 8.87. The Morgan fingerprint density at radius 2 is 1.70 bits per heavy atom. The Balaban J connectivity index is 1.92. The Morgan fingerprint density at radius 3 is 2.30 bits per heavy atom. The standard InChI is InChI=1S/C17H19O2.Al.2H/c18-16-17(11-6-1-2-7-12-17)13-10-15(19-16)14-8-4-3-5-9-14;;;/h3-5,8-10,13H,1-2,6-7,11-12H2;;;. The molecule has 0 N–H and O–H groups in total. The molecule has 1 aromatic carbocycles. The van der Waals surface area contributed by atoms with Gasteiger partial charge < -0.3 is 4.74 Å². The van der Waals surface area contributed by atoms with Crippen molar-refractivity contribution in [1.29, 1.82) is 0 Å². The van der Waals surface area contributed by atoms with Crippen molar-refractivity contribution in [3.63, 3.8) is 0 Å². The molecule has 0 aromatic heterocycles. The summed E-state index contributed by atoms with van der Waals surface area (Å²) in [5.74, 6) is 0.797. The molecule has 3 heteroatoms. The molecular formula is C17H21AlO2. The Kier molecular flexibility index (Phi) is 4.01. The van der Waals surface area contributed by atoms with Gasteiger partial charge in [-0.05, 0) is 12.8 Å². The average molecular weight is 284 g/mol. The Hall–Kier alpha value is -1.04. The lowest BCUT2D eigenvalue weighted by Gasteiger charge is -2.39. The van der Waals surface area contributed by atoms with Crippen LogP contribution in [-0.2, 0) is 9.53 Å². The minimum atomic E-state index is -0.207. The summed E-state index contributed by atoms with van der Waals surface area (Å²) < 4.78 is 6.14. The molecule has 1 aliphatic heterocycles. The third-order valence-corrected chi connectivity index (χ3v) is 6.37. The second-order valence-corrected chi connectivity index (χ2v) is 7.39. The van der Waals surface area contributed by atoms with Gasteiger partial charge in [0.2, 0.25) is 16.3 Å². The maximum Gasteiger partial charge on any atom is 0.316 e. The number of benzene rings is 1. The molecule has 2 nitrogen and oxygen atoms in total. The van der Waals surface area contributed by atoms with Crippen molar-refractivity contribution in [3.8, 4) is 0 Å². The molecule has 1 aromatic rings. The van der Waals surface area contributed by atoms with Gasteiger partial charge in [-0.3, -0.25) is 4.79 Å². The van der Waals surface area contributed by atoms with Crippen molar-refractivity contribution in [2.45, 2.75) is 43.3 Å². The molecule has 1 spiro atoms. The van der Waals surface area contributed by atoms with E-state index in [1.165, 1.54) is 25.7 Å². The van der Waals surface area contributed by atoms with Crippen LogP contribution in [0.25, 0.3) is 5.76 Å². The van der Waals surface area contributed by atoms with Gasteiger partial charge in [0.25, 0.3) is 0 Å². The molecule has 1 unspecified atom stereocenters. The van der Waals surface area contributed by atoms with E-state index in [0.29, 0.717) is 4.78 Å². The molecule has 3 rings (SSSR count). The molecule has 0 amide bonds. The summed E-state index contributed by atoms with van der Waals surface area (Å²) in [5, 5.41) is 0. The van der Waals surface area contributed by atoms with E-state index < -0.39 is 0 Å². The highest BCUT2D eigenvalue weighted by Crippen LogP contribution is 2.49. The first-order chi connectivity index (χ1) is 9.72. The van der Waals surface area contributed by atoms with Crippen LogP contribution in [0.3, 0.4) is 0 Å². The van der Waals surface area contributed by atoms with Crippen LogP contribution in [0.4, 0.5) is 0 Å². The summed E-state index contributed by atoms with van der Waals surface area (Å²) in [4.78, 5) is 12.7. The van der Waals surface area contributed by atoms with E-state index in [4.69, 9.17) is 4.74 Å². The van der Waals surface area contributed by atoms with Gasteiger partial charge in [0, 0.05) is 5.56 Å². The van der Waals surface area contributed by atoms with E-state index in [1.807, 2.05) is 30.3 Å². The lowest BCUT2D eigenvalue weighted by molar-refractivity contribution is -0.150. The molecule has 1 aliphatic carbocycles. The quantitative estimate of drug-likeness (QED) is 0.584. The second-order valence-electron chi connectivity index (χ2n) is 6.15. The maximum atomic E-state index is 12.7. The number of hydrogen-bond acceptors (Lipinski definition) is 2. The van der Waals surface area contributed by atoms with E-state index in [2.05, 4.69) is 6.08 Å². The van der Waals surface area contributed by atoms with Gasteiger partial charge in [0.15, 0.2) is 0 Å². The Labute approximate surface area is 128 Å². The zero-order chi connectivity index (χ0) is 14.0. The van der Waals surface area contributed by atoms with Gasteiger partial charge in [0.1, 0.15) is 5.76 Å². The number of esters is 1. The van der Waals surface area contributed by atoms with Crippen molar-refractivity contribution in [1.82, 2.24) is 0 Å². The van der Waals surface area contributed by atoms with E-state index in [9.17, 15) is 4.79 Å². The van der Waals surface area contributed by atoms with Gasteiger partial charge in [-0.15, -0.1) is 0 Å². The largest absolute Gasteiger partial charge is 0.426 e. The number of rotatable bonds is 1. The van der Waals surface area contributed by atoms with E-state index in [0.717, 1.165) is 40.5 Å². The highest BCUT2D eigenvalue weighted by atomic mass is 27.0. The van der Waals surface area contributed by atoms with E-state index >= 15 is 0 Å². The lowest BCUT2D eigenvalue weighted by Crippen LogP contribution is -2.39. The van der Waals surface area contributed by atoms with E-state index in [1.54, 1.807) is 0 Å². The number of ether oxygens (including phenoxy) is 1. The second kappa shape index (κ2) is 5.76. The molecule has 1 saturated carbocycles. The van der Waals surface area contributed by atoms with Gasteiger partial charge in [-0.2, -0.15) is 0 Å². The lowest BCUT2D eigenvalue weighted by atomic mass is 9.75. The summed E-state index contributed by atoms with van der Waals surface area (Å²) >= 11 is 1.01. The van der Waals surface area contributed by atoms with Crippen LogP contribution >= 0.6 is 0 Å². The summed E-state index contributed by atoms with van der Waals surface area (Å²) in [5.41, 5.74) is 0.811. The van der Waals surface area contributed by atoms with Crippen LogP contribution in [-0.4, -0.2) is 22.3 Å². The fraction of sp³-hybridized carbons (Fsp3) is 0.471. The summed E-state index contributed by atoms with van der Waals surface area (Å²) in [6, 6.07) is 9.99. The van der Waals surface area contributed by atoms with Crippen molar-refractivity contribution in [2.75, 3.05) is 0 Å². The van der Waals surface area contributed by atoms with E-state index in [-0.39, 0.29) is 11.4 Å². The topological polar surface area (TPSA) is 26.3 Å². The zero-order valence-corrected chi connectivity index (χ0v) is 14.1. The van der Waals surface area contributed by atoms with Gasteiger partial charge in [-0.25, -0.2) is 0 Å². The van der Waals surface area contributed by atoms with Gasteiger partial charge in [0.05, 0.1) is 5.41 Å². The number of allylic oxidation sites excluding steroid dienone is 1. The number of hydrogen-bond donors (Lipinski definition) is 0. The molecule has 0 bridgehead atoms. The highest BCUT2D eigenvalue weighted by Gasteiger charge is 2.46. The minimum absolute atomic E-state index is 0.0285. The molecule has 104 valence electrons. The normalized spacial score (nSPS) is 25.7. The predicted octanol–water partition coefficient (Wildman–Crippen LogP) is 3.35. The van der Waals surface area contributed by atoms with Gasteiger partial charge in [-0.1, -0.05) is 66.9 Å². The number of cyclic esters (lactones) is 1. The zero-order valence-electron chi connectivity index (χ0n) is 12.1. The molecule has 20 heavy (non-hydrogen) atoms. The molecule has 0 radical (unpaired) electrons. The molecule has 1 heterocycles.